The van der Waals surface area contributed by atoms with Crippen LogP contribution in [0.1, 0.15) is 46.5 Å². The standard InChI is InChI=1S/C22H30FO6P/c1-12-8-16-15-5-4-13-9-14(25)6-7-19(13,2)21(15,23)17(26)10-20(16,3)22(12,29-30-28)18(27)11-24/h6-7,9,12,15-17,24,26H,4-5,8,10-11,30H2,1-3H3/t12-,15+,16+,17+,19+,20+,21+,22+/m1/s1. The van der Waals surface area contributed by atoms with Crippen molar-refractivity contribution in [1.82, 2.24) is 0 Å². The van der Waals surface area contributed by atoms with Crippen LogP contribution in [-0.2, 0) is 18.7 Å². The third-order valence-corrected chi connectivity index (χ3v) is 9.44. The Kier molecular flexibility index (Phi) is 5.10. The second-order valence-corrected chi connectivity index (χ2v) is 10.4. The lowest BCUT2D eigenvalue weighted by Gasteiger charge is -2.62. The molecule has 4 aliphatic rings. The van der Waals surface area contributed by atoms with Crippen LogP contribution in [0.2, 0.25) is 0 Å². The summed E-state index contributed by atoms with van der Waals surface area (Å²) >= 11 is 0. The Balaban J connectivity index is 1.86. The van der Waals surface area contributed by atoms with Gasteiger partial charge in [0.25, 0.3) is 0 Å². The zero-order valence-corrected chi connectivity index (χ0v) is 18.7. The predicted molar refractivity (Wildman–Crippen MR) is 109 cm³/mol. The molecule has 166 valence electrons. The highest BCUT2D eigenvalue weighted by Gasteiger charge is 2.76. The zero-order chi connectivity index (χ0) is 22.1. The summed E-state index contributed by atoms with van der Waals surface area (Å²) in [5.74, 6) is -1.98. The maximum atomic E-state index is 17.0. The van der Waals surface area contributed by atoms with Crippen molar-refractivity contribution >= 4 is 20.3 Å². The van der Waals surface area contributed by atoms with E-state index >= 15 is 4.39 Å². The van der Waals surface area contributed by atoms with Crippen LogP contribution in [0, 0.1) is 28.6 Å². The Morgan fingerprint density at radius 1 is 1.37 bits per heavy atom. The maximum absolute atomic E-state index is 17.0. The molecule has 0 aromatic carbocycles. The highest BCUT2D eigenvalue weighted by molar-refractivity contribution is 7.17. The van der Waals surface area contributed by atoms with E-state index in [0.717, 1.165) is 0 Å². The van der Waals surface area contributed by atoms with E-state index in [1.54, 1.807) is 19.9 Å². The largest absolute Gasteiger partial charge is 0.390 e. The number of halogens is 1. The monoisotopic (exact) mass is 440 g/mol. The molecule has 4 aliphatic carbocycles. The van der Waals surface area contributed by atoms with Crippen molar-refractivity contribution in [3.8, 4) is 0 Å². The van der Waals surface area contributed by atoms with E-state index in [2.05, 4.69) is 0 Å². The summed E-state index contributed by atoms with van der Waals surface area (Å²) in [5, 5.41) is 20.9. The van der Waals surface area contributed by atoms with Crippen molar-refractivity contribution in [2.45, 2.75) is 63.8 Å². The van der Waals surface area contributed by atoms with E-state index in [9.17, 15) is 24.4 Å². The molecule has 6 nitrogen and oxygen atoms in total. The smallest absolute Gasteiger partial charge is 0.191 e. The molecule has 0 heterocycles. The van der Waals surface area contributed by atoms with Gasteiger partial charge >= 0.3 is 0 Å². The van der Waals surface area contributed by atoms with Gasteiger partial charge in [0.2, 0.25) is 0 Å². The first-order valence-electron chi connectivity index (χ1n) is 10.6. The molecule has 2 N–H and O–H groups in total. The molecule has 0 radical (unpaired) electrons. The minimum Gasteiger partial charge on any atom is -0.390 e. The summed E-state index contributed by atoms with van der Waals surface area (Å²) in [5.41, 5.74) is -4.89. The number of aliphatic hydroxyl groups excluding tert-OH is 2. The Labute approximate surface area is 176 Å². The van der Waals surface area contributed by atoms with Gasteiger partial charge in [-0.25, -0.2) is 4.39 Å². The van der Waals surface area contributed by atoms with Crippen LogP contribution in [0.4, 0.5) is 4.39 Å². The number of hydrogen-bond acceptors (Lipinski definition) is 6. The fraction of sp³-hybridized carbons (Fsp3) is 0.727. The summed E-state index contributed by atoms with van der Waals surface area (Å²) in [6.45, 7) is 4.60. The number of Topliss-reactive ketones (excluding diaryl/α,β-unsaturated/α-hetero) is 1. The van der Waals surface area contributed by atoms with Gasteiger partial charge in [0, 0.05) is 16.7 Å². The number of rotatable bonds is 4. The van der Waals surface area contributed by atoms with Crippen molar-refractivity contribution in [2.24, 2.45) is 28.6 Å². The van der Waals surface area contributed by atoms with E-state index in [1.807, 2.05) is 6.92 Å². The molecule has 0 aliphatic heterocycles. The predicted octanol–water partition coefficient (Wildman–Crippen LogP) is 2.59. The fourth-order valence-corrected chi connectivity index (χ4v) is 8.42. The third kappa shape index (κ3) is 2.38. The number of hydrogen-bond donors (Lipinski definition) is 2. The molecule has 0 spiro atoms. The molecular weight excluding hydrogens is 410 g/mol. The number of fused-ring (bicyclic) bond motifs is 5. The van der Waals surface area contributed by atoms with Crippen LogP contribution < -0.4 is 0 Å². The Morgan fingerprint density at radius 2 is 2.07 bits per heavy atom. The van der Waals surface area contributed by atoms with Gasteiger partial charge < -0.3 is 14.7 Å². The summed E-state index contributed by atoms with van der Waals surface area (Å²) in [6, 6.07) is 0. The lowest BCUT2D eigenvalue weighted by atomic mass is 9.44. The van der Waals surface area contributed by atoms with Crippen LogP contribution >= 0.6 is 8.69 Å². The summed E-state index contributed by atoms with van der Waals surface area (Å²) in [4.78, 5) is 24.8. The third-order valence-electron chi connectivity index (χ3n) is 8.97. The van der Waals surface area contributed by atoms with Crippen molar-refractivity contribution in [3.05, 3.63) is 23.8 Å². The van der Waals surface area contributed by atoms with Gasteiger partial charge in [-0.15, -0.1) is 0 Å². The summed E-state index contributed by atoms with van der Waals surface area (Å²) < 4.78 is 34.3. The average molecular weight is 440 g/mol. The Morgan fingerprint density at radius 3 is 2.70 bits per heavy atom. The lowest BCUT2D eigenvalue weighted by molar-refractivity contribution is -0.214. The number of carbonyl (C=O) groups is 2. The van der Waals surface area contributed by atoms with Crippen molar-refractivity contribution in [3.63, 3.8) is 0 Å². The fourth-order valence-electron chi connectivity index (χ4n) is 7.63. The topological polar surface area (TPSA) is 101 Å². The van der Waals surface area contributed by atoms with E-state index < -0.39 is 55.2 Å². The van der Waals surface area contributed by atoms with Crippen LogP contribution in [0.25, 0.3) is 0 Å². The lowest BCUT2D eigenvalue weighted by Crippen LogP contribution is -2.69. The summed E-state index contributed by atoms with van der Waals surface area (Å²) in [6.07, 6.45) is 4.44. The van der Waals surface area contributed by atoms with Gasteiger partial charge in [-0.05, 0) is 56.6 Å². The quantitative estimate of drug-likeness (QED) is 0.652. The molecule has 30 heavy (non-hydrogen) atoms. The van der Waals surface area contributed by atoms with E-state index in [-0.39, 0.29) is 24.0 Å². The number of aliphatic hydroxyl groups is 2. The molecule has 3 saturated carbocycles. The number of allylic oxidation sites excluding steroid dienone is 4. The second-order valence-electron chi connectivity index (χ2n) is 9.93. The van der Waals surface area contributed by atoms with Gasteiger partial charge in [0.05, 0.1) is 6.10 Å². The van der Waals surface area contributed by atoms with Crippen molar-refractivity contribution in [1.29, 1.82) is 0 Å². The van der Waals surface area contributed by atoms with E-state index in [4.69, 9.17) is 4.52 Å². The van der Waals surface area contributed by atoms with Gasteiger partial charge in [-0.3, -0.25) is 14.2 Å². The van der Waals surface area contributed by atoms with Crippen LogP contribution in [0.15, 0.2) is 23.8 Å². The van der Waals surface area contributed by atoms with Gasteiger partial charge in [0.1, 0.15) is 12.2 Å². The van der Waals surface area contributed by atoms with Crippen molar-refractivity contribution < 1.29 is 33.3 Å². The van der Waals surface area contributed by atoms with Crippen molar-refractivity contribution in [2.75, 3.05) is 6.61 Å². The normalized spacial score (nSPS) is 50.2. The molecule has 0 amide bonds. The number of alkyl halides is 1. The number of ketones is 2. The summed E-state index contributed by atoms with van der Waals surface area (Å²) in [7, 11) is -1.73. The zero-order valence-electron chi connectivity index (χ0n) is 17.6. The molecule has 3 fully saturated rings. The Bertz CT molecular complexity index is 872. The SMILES string of the molecule is C[C@@H]1C[C@H]2[C@@H]3CCC4=CC(=O)C=C[C@]4(C)[C@@]3(F)[C@@H](O)C[C@]2(C)[C@@]1(O[PH2]=O)C(=O)CO. The minimum atomic E-state index is -2.00. The first kappa shape index (κ1) is 22.1. The average Bonchev–Trinajstić information content (AvgIpc) is 2.91. The van der Waals surface area contributed by atoms with E-state index in [0.29, 0.717) is 24.8 Å². The first-order valence-corrected chi connectivity index (χ1v) is 11.5. The molecule has 0 aromatic heterocycles. The van der Waals surface area contributed by atoms with Crippen LogP contribution in [0.3, 0.4) is 0 Å². The van der Waals surface area contributed by atoms with Crippen LogP contribution in [-0.4, -0.2) is 45.8 Å². The molecule has 0 bridgehead atoms. The molecular formula is C22H30FO6P. The molecule has 9 atom stereocenters. The molecule has 4 rings (SSSR count). The van der Waals surface area contributed by atoms with Crippen LogP contribution in [0.5, 0.6) is 0 Å². The number of carbonyl (C=O) groups excluding carboxylic acids is 2. The van der Waals surface area contributed by atoms with Gasteiger partial charge in [-0.1, -0.05) is 25.5 Å². The molecule has 0 saturated heterocycles. The highest BCUT2D eigenvalue weighted by atomic mass is 31.1. The molecule has 1 unspecified atom stereocenters. The van der Waals surface area contributed by atoms with E-state index in [1.165, 1.54) is 12.2 Å². The van der Waals surface area contributed by atoms with Gasteiger partial charge in [-0.2, -0.15) is 0 Å². The highest BCUT2D eigenvalue weighted by Crippen LogP contribution is 2.71. The minimum absolute atomic E-state index is 0.0508. The molecule has 8 heteroatoms. The van der Waals surface area contributed by atoms with Gasteiger partial charge in [0.15, 0.2) is 25.9 Å². The Hall–Kier alpha value is -1.14. The second kappa shape index (κ2) is 6.93. The maximum Gasteiger partial charge on any atom is 0.191 e. The first-order chi connectivity index (χ1) is 14.0. The molecule has 0 aromatic rings.